The van der Waals surface area contributed by atoms with Gasteiger partial charge in [0.2, 0.25) is 0 Å². The average molecular weight is 331 g/mol. The minimum absolute atomic E-state index is 0.117. The van der Waals surface area contributed by atoms with Gasteiger partial charge in [-0.2, -0.15) is 0 Å². The van der Waals surface area contributed by atoms with Crippen molar-refractivity contribution in [2.75, 3.05) is 11.3 Å². The Morgan fingerprint density at radius 1 is 1.29 bits per heavy atom. The first kappa shape index (κ1) is 14.4. The van der Waals surface area contributed by atoms with Crippen molar-refractivity contribution in [3.05, 3.63) is 40.4 Å². The molecule has 0 bridgehead atoms. The van der Waals surface area contributed by atoms with E-state index in [9.17, 15) is 17.2 Å². The molecule has 0 unspecified atom stereocenters. The summed E-state index contributed by atoms with van der Waals surface area (Å²) in [4.78, 5) is 4.10. The largest absolute Gasteiger partial charge is 0.311 e. The summed E-state index contributed by atoms with van der Waals surface area (Å²) >= 11 is 1.16. The molecule has 1 aliphatic rings. The molecule has 0 saturated carbocycles. The number of nitrogens with zero attached hydrogens (tertiary/aromatic N) is 1. The molecule has 0 aliphatic carbocycles. The van der Waals surface area contributed by atoms with Crippen LogP contribution in [-0.2, 0) is 23.0 Å². The number of anilines is 1. The van der Waals surface area contributed by atoms with Gasteiger partial charge in [0.1, 0.15) is 11.6 Å². The number of thiazole rings is 1. The van der Waals surface area contributed by atoms with Crippen LogP contribution >= 0.6 is 11.3 Å². The van der Waals surface area contributed by atoms with Crippen molar-refractivity contribution < 1.29 is 17.2 Å². The zero-order chi connectivity index (χ0) is 15.0. The van der Waals surface area contributed by atoms with E-state index in [-0.39, 0.29) is 5.13 Å². The molecule has 112 valence electrons. The second-order valence-electron chi connectivity index (χ2n) is 4.47. The summed E-state index contributed by atoms with van der Waals surface area (Å²) in [5.41, 5.74) is 0.811. The molecule has 0 radical (unpaired) electrons. The molecule has 0 spiro atoms. The molecular formula is C12H11F2N3O2S2. The third-order valence-electron chi connectivity index (χ3n) is 3.01. The van der Waals surface area contributed by atoms with E-state index in [1.807, 2.05) is 0 Å². The predicted octanol–water partition coefficient (Wildman–Crippen LogP) is 1.87. The third kappa shape index (κ3) is 2.76. The number of sulfonamides is 1. The van der Waals surface area contributed by atoms with Crippen LogP contribution < -0.4 is 10.0 Å². The molecule has 0 fully saturated rings. The molecule has 1 aromatic heterocycles. The quantitative estimate of drug-likeness (QED) is 0.901. The van der Waals surface area contributed by atoms with E-state index in [1.54, 1.807) is 0 Å². The number of aromatic nitrogens is 1. The minimum Gasteiger partial charge on any atom is -0.311 e. The highest BCUT2D eigenvalue weighted by Gasteiger charge is 2.26. The first-order valence-corrected chi connectivity index (χ1v) is 8.43. The number of rotatable bonds is 3. The summed E-state index contributed by atoms with van der Waals surface area (Å²) in [7, 11) is -4.35. The van der Waals surface area contributed by atoms with Gasteiger partial charge >= 0.3 is 0 Å². The second-order valence-corrected chi connectivity index (χ2v) is 7.17. The molecular weight excluding hydrogens is 320 g/mol. The van der Waals surface area contributed by atoms with Gasteiger partial charge in [0.05, 0.1) is 5.69 Å². The first-order valence-electron chi connectivity index (χ1n) is 6.13. The van der Waals surface area contributed by atoms with Crippen LogP contribution in [0.5, 0.6) is 0 Å². The summed E-state index contributed by atoms with van der Waals surface area (Å²) in [6.45, 7) is 1.38. The molecule has 5 nitrogen and oxygen atoms in total. The minimum atomic E-state index is -4.35. The van der Waals surface area contributed by atoms with Gasteiger partial charge in [-0.25, -0.2) is 22.2 Å². The lowest BCUT2D eigenvalue weighted by molar-refractivity contribution is 0.521. The van der Waals surface area contributed by atoms with Gasteiger partial charge < -0.3 is 5.32 Å². The number of fused-ring (bicyclic) bond motifs is 1. The second kappa shape index (κ2) is 5.32. The molecule has 0 amide bonds. The molecule has 21 heavy (non-hydrogen) atoms. The van der Waals surface area contributed by atoms with E-state index >= 15 is 0 Å². The summed E-state index contributed by atoms with van der Waals surface area (Å²) < 4.78 is 53.6. The normalized spacial score (nSPS) is 14.8. The van der Waals surface area contributed by atoms with Gasteiger partial charge in [-0.3, -0.25) is 4.72 Å². The van der Waals surface area contributed by atoms with E-state index in [0.717, 1.165) is 46.7 Å². The number of hydrogen-bond acceptors (Lipinski definition) is 5. The van der Waals surface area contributed by atoms with E-state index < -0.39 is 26.6 Å². The van der Waals surface area contributed by atoms with Crippen LogP contribution in [0.2, 0.25) is 0 Å². The van der Waals surface area contributed by atoms with Crippen LogP contribution in [-0.4, -0.2) is 19.9 Å². The van der Waals surface area contributed by atoms with Gasteiger partial charge in [-0.1, -0.05) is 17.4 Å². The van der Waals surface area contributed by atoms with Crippen LogP contribution in [0.4, 0.5) is 13.9 Å². The van der Waals surface area contributed by atoms with Crippen LogP contribution in [0.15, 0.2) is 23.1 Å². The number of halogens is 2. The Morgan fingerprint density at radius 3 is 2.67 bits per heavy atom. The Balaban J connectivity index is 1.95. The molecule has 1 aromatic carbocycles. The van der Waals surface area contributed by atoms with Crippen LogP contribution in [0.3, 0.4) is 0 Å². The zero-order valence-electron chi connectivity index (χ0n) is 10.7. The summed E-state index contributed by atoms with van der Waals surface area (Å²) in [6, 6.07) is 2.90. The van der Waals surface area contributed by atoms with Gasteiger partial charge in [-0.15, -0.1) is 0 Å². The van der Waals surface area contributed by atoms with Crippen LogP contribution in [0.1, 0.15) is 10.6 Å². The molecule has 1 aliphatic heterocycles. The molecule has 9 heteroatoms. The fourth-order valence-corrected chi connectivity index (χ4v) is 4.43. The SMILES string of the molecule is O=S(=O)(Nc1nc2c(s1)CNCC2)c1c(F)cccc1F. The van der Waals surface area contributed by atoms with Gasteiger partial charge in [0, 0.05) is 24.4 Å². The van der Waals surface area contributed by atoms with Crippen molar-refractivity contribution in [2.45, 2.75) is 17.9 Å². The van der Waals surface area contributed by atoms with Crippen molar-refractivity contribution in [1.29, 1.82) is 0 Å². The number of nitrogens with one attached hydrogen (secondary N) is 2. The highest BCUT2D eigenvalue weighted by atomic mass is 32.2. The van der Waals surface area contributed by atoms with E-state index in [1.165, 1.54) is 0 Å². The lowest BCUT2D eigenvalue weighted by Gasteiger charge is -2.09. The van der Waals surface area contributed by atoms with Crippen LogP contribution in [0, 0.1) is 11.6 Å². The Morgan fingerprint density at radius 2 is 2.00 bits per heavy atom. The standard InChI is InChI=1S/C12H11F2N3O2S2/c13-7-2-1-3-8(14)11(7)21(18,19)17-12-16-9-4-5-15-6-10(9)20-12/h1-3,15H,4-6H2,(H,16,17). The Bertz CT molecular complexity index is 746. The predicted molar refractivity (Wildman–Crippen MR) is 74.7 cm³/mol. The van der Waals surface area contributed by atoms with Crippen molar-refractivity contribution >= 4 is 26.5 Å². The summed E-state index contributed by atoms with van der Waals surface area (Å²) in [6.07, 6.45) is 0.696. The molecule has 0 atom stereocenters. The number of hydrogen-bond donors (Lipinski definition) is 2. The average Bonchev–Trinajstić information content (AvgIpc) is 2.79. The molecule has 2 aromatic rings. The van der Waals surface area contributed by atoms with E-state index in [0.29, 0.717) is 13.0 Å². The van der Waals surface area contributed by atoms with Crippen molar-refractivity contribution in [2.24, 2.45) is 0 Å². The van der Waals surface area contributed by atoms with Gasteiger partial charge in [0.25, 0.3) is 10.0 Å². The Kier molecular flexibility index (Phi) is 3.64. The highest BCUT2D eigenvalue weighted by Crippen LogP contribution is 2.28. The topological polar surface area (TPSA) is 71.1 Å². The monoisotopic (exact) mass is 331 g/mol. The smallest absolute Gasteiger partial charge is 0.269 e. The molecule has 3 rings (SSSR count). The Labute approximate surface area is 124 Å². The summed E-state index contributed by atoms with van der Waals surface area (Å²) in [5.74, 6) is -2.27. The fourth-order valence-electron chi connectivity index (χ4n) is 2.07. The van der Waals surface area contributed by atoms with Crippen molar-refractivity contribution in [1.82, 2.24) is 10.3 Å². The molecule has 2 N–H and O–H groups in total. The summed E-state index contributed by atoms with van der Waals surface area (Å²) in [5, 5.41) is 3.26. The van der Waals surface area contributed by atoms with Crippen LogP contribution in [0.25, 0.3) is 0 Å². The third-order valence-corrected chi connectivity index (χ3v) is 5.54. The number of benzene rings is 1. The fraction of sp³-hybridized carbons (Fsp3) is 0.250. The van der Waals surface area contributed by atoms with Gasteiger partial charge in [-0.05, 0) is 12.1 Å². The maximum atomic E-state index is 13.6. The lowest BCUT2D eigenvalue weighted by Crippen LogP contribution is -2.22. The van der Waals surface area contributed by atoms with Crippen molar-refractivity contribution in [3.8, 4) is 0 Å². The van der Waals surface area contributed by atoms with E-state index in [2.05, 4.69) is 15.0 Å². The lowest BCUT2D eigenvalue weighted by atomic mass is 10.2. The Hall–Kier alpha value is -1.58. The van der Waals surface area contributed by atoms with Gasteiger partial charge in [0.15, 0.2) is 10.0 Å². The van der Waals surface area contributed by atoms with Crippen molar-refractivity contribution in [3.63, 3.8) is 0 Å². The first-order chi connectivity index (χ1) is 9.97. The highest BCUT2D eigenvalue weighted by molar-refractivity contribution is 7.93. The maximum Gasteiger partial charge on any atom is 0.269 e. The maximum absolute atomic E-state index is 13.6. The van der Waals surface area contributed by atoms with E-state index in [4.69, 9.17) is 0 Å². The molecule has 0 saturated heterocycles. The zero-order valence-corrected chi connectivity index (χ0v) is 12.3. The molecule has 2 heterocycles.